The highest BCUT2D eigenvalue weighted by Gasteiger charge is 2.46. The fraction of sp³-hybridized carbons (Fsp3) is 0.100. The van der Waals surface area contributed by atoms with Gasteiger partial charge in [0.15, 0.2) is 0 Å². The van der Waals surface area contributed by atoms with E-state index < -0.39 is 0 Å². The molecule has 1 aliphatic heterocycles. The van der Waals surface area contributed by atoms with Crippen LogP contribution in [0.15, 0.2) is 54.6 Å². The molecule has 1 saturated heterocycles. The highest BCUT2D eigenvalue weighted by Crippen LogP contribution is 2.59. The van der Waals surface area contributed by atoms with Gasteiger partial charge in [-0.05, 0) is 61.6 Å². The van der Waals surface area contributed by atoms with Gasteiger partial charge in [0, 0.05) is 0 Å². The first-order valence-corrected chi connectivity index (χ1v) is 7.58. The molecule has 1 N–H and O–H groups in total. The van der Waals surface area contributed by atoms with Crippen molar-refractivity contribution in [2.45, 2.75) is 12.2 Å². The normalized spacial score (nSPS) is 21.6. The average molecular weight is 284 g/mol. The minimum absolute atomic E-state index is 0.196. The molecule has 2 heteroatoms. The van der Waals surface area contributed by atoms with Crippen LogP contribution in [-0.4, -0.2) is 5.11 Å². The third-order valence-electron chi connectivity index (χ3n) is 5.11. The molecule has 0 aromatic heterocycles. The van der Waals surface area contributed by atoms with Crippen LogP contribution < -0.4 is 0 Å². The minimum Gasteiger partial charge on any atom is -0.508 e. The predicted octanol–water partition coefficient (Wildman–Crippen LogP) is 4.98. The summed E-state index contributed by atoms with van der Waals surface area (Å²) >= 11 is 0. The lowest BCUT2D eigenvalue weighted by Gasteiger charge is -2.17. The molecule has 0 saturated carbocycles. The second kappa shape index (κ2) is 3.42. The van der Waals surface area contributed by atoms with E-state index in [2.05, 4.69) is 36.4 Å². The summed E-state index contributed by atoms with van der Waals surface area (Å²) in [4.78, 5) is 0. The molecule has 1 aliphatic carbocycles. The molecule has 104 valence electrons. The summed E-state index contributed by atoms with van der Waals surface area (Å²) in [5.41, 5.74) is 2.60. The Labute approximate surface area is 126 Å². The first-order chi connectivity index (χ1) is 10.8. The molecule has 2 atom stereocenters. The molecule has 1 heterocycles. The van der Waals surface area contributed by atoms with E-state index in [9.17, 15) is 5.11 Å². The monoisotopic (exact) mass is 284 g/mol. The third-order valence-corrected chi connectivity index (χ3v) is 5.11. The van der Waals surface area contributed by atoms with E-state index in [1.807, 2.05) is 12.1 Å². The van der Waals surface area contributed by atoms with Crippen molar-refractivity contribution in [1.82, 2.24) is 0 Å². The zero-order valence-corrected chi connectivity index (χ0v) is 11.7. The van der Waals surface area contributed by atoms with Crippen molar-refractivity contribution in [3.05, 3.63) is 65.7 Å². The standard InChI is InChI=1S/C20H12O2/c21-12-6-4-11-8-16-18-13(15(11)9-12)7-5-10-2-1-3-14(17(10)18)19-20(16)22-19/h1-9,19-21H. The maximum Gasteiger partial charge on any atom is 0.116 e. The van der Waals surface area contributed by atoms with E-state index >= 15 is 0 Å². The highest BCUT2D eigenvalue weighted by atomic mass is 16.6. The minimum atomic E-state index is 0.196. The van der Waals surface area contributed by atoms with E-state index in [1.165, 1.54) is 32.7 Å². The number of rotatable bonds is 0. The van der Waals surface area contributed by atoms with Gasteiger partial charge in [0.2, 0.25) is 0 Å². The topological polar surface area (TPSA) is 32.8 Å². The lowest BCUT2D eigenvalue weighted by Crippen LogP contribution is -1.97. The van der Waals surface area contributed by atoms with Gasteiger partial charge < -0.3 is 9.84 Å². The molecule has 0 radical (unpaired) electrons. The van der Waals surface area contributed by atoms with Crippen molar-refractivity contribution in [3.8, 4) is 5.75 Å². The maximum absolute atomic E-state index is 9.88. The second-order valence-corrected chi connectivity index (χ2v) is 6.28. The van der Waals surface area contributed by atoms with Gasteiger partial charge in [0.25, 0.3) is 0 Å². The number of hydrogen-bond acceptors (Lipinski definition) is 2. The van der Waals surface area contributed by atoms with Crippen molar-refractivity contribution < 1.29 is 9.84 Å². The van der Waals surface area contributed by atoms with Crippen LogP contribution in [0.4, 0.5) is 0 Å². The third kappa shape index (κ3) is 1.17. The van der Waals surface area contributed by atoms with Gasteiger partial charge in [-0.1, -0.05) is 36.4 Å². The van der Waals surface area contributed by atoms with Crippen LogP contribution in [0.3, 0.4) is 0 Å². The lowest BCUT2D eigenvalue weighted by atomic mass is 9.84. The number of fused-ring (bicyclic) bond motifs is 5. The van der Waals surface area contributed by atoms with Crippen LogP contribution in [-0.2, 0) is 4.74 Å². The highest BCUT2D eigenvalue weighted by molar-refractivity contribution is 6.20. The Hall–Kier alpha value is -2.58. The van der Waals surface area contributed by atoms with E-state index in [-0.39, 0.29) is 12.2 Å². The summed E-state index contributed by atoms with van der Waals surface area (Å²) in [7, 11) is 0. The van der Waals surface area contributed by atoms with Gasteiger partial charge in [-0.15, -0.1) is 0 Å². The molecule has 2 unspecified atom stereocenters. The smallest absolute Gasteiger partial charge is 0.116 e. The number of aromatic hydroxyl groups is 1. The van der Waals surface area contributed by atoms with Crippen LogP contribution >= 0.6 is 0 Å². The number of ether oxygens (including phenoxy) is 1. The molecular weight excluding hydrogens is 272 g/mol. The zero-order valence-electron chi connectivity index (χ0n) is 11.7. The molecule has 0 bridgehead atoms. The molecule has 0 spiro atoms. The summed E-state index contributed by atoms with van der Waals surface area (Å²) in [6.07, 6.45) is 0.414. The number of phenolic OH excluding ortho intramolecular Hbond substituents is 1. The Bertz CT molecular complexity index is 1130. The van der Waals surface area contributed by atoms with Crippen LogP contribution in [0, 0.1) is 0 Å². The zero-order chi connectivity index (χ0) is 14.4. The van der Waals surface area contributed by atoms with Crippen LogP contribution in [0.5, 0.6) is 5.75 Å². The number of epoxide rings is 1. The van der Waals surface area contributed by atoms with E-state index in [0.717, 1.165) is 10.8 Å². The number of hydrogen-bond donors (Lipinski definition) is 1. The lowest BCUT2D eigenvalue weighted by molar-refractivity contribution is 0.380. The quantitative estimate of drug-likeness (QED) is 0.365. The summed E-state index contributed by atoms with van der Waals surface area (Å²) in [6, 6.07) is 18.6. The maximum atomic E-state index is 9.88. The molecule has 2 nitrogen and oxygen atoms in total. The predicted molar refractivity (Wildman–Crippen MR) is 87.2 cm³/mol. The first-order valence-electron chi connectivity index (χ1n) is 7.58. The van der Waals surface area contributed by atoms with Crippen molar-refractivity contribution in [1.29, 1.82) is 0 Å². The molecule has 22 heavy (non-hydrogen) atoms. The van der Waals surface area contributed by atoms with Gasteiger partial charge >= 0.3 is 0 Å². The Morgan fingerprint density at radius 1 is 0.727 bits per heavy atom. The molecular formula is C20H12O2. The second-order valence-electron chi connectivity index (χ2n) is 6.28. The Morgan fingerprint density at radius 2 is 1.59 bits per heavy atom. The summed E-state index contributed by atoms with van der Waals surface area (Å²) in [5.74, 6) is 0.313. The SMILES string of the molecule is Oc1ccc2cc3c4c(ccc5cccc(c54)C4OC34)c2c1. The van der Waals surface area contributed by atoms with Crippen molar-refractivity contribution >= 4 is 32.3 Å². The molecule has 4 aromatic rings. The van der Waals surface area contributed by atoms with Crippen molar-refractivity contribution in [2.75, 3.05) is 0 Å². The van der Waals surface area contributed by atoms with Crippen LogP contribution in [0.1, 0.15) is 23.3 Å². The van der Waals surface area contributed by atoms with Crippen LogP contribution in [0.2, 0.25) is 0 Å². The van der Waals surface area contributed by atoms with Gasteiger partial charge in [-0.2, -0.15) is 0 Å². The molecule has 4 aromatic carbocycles. The first kappa shape index (κ1) is 11.0. The number of benzene rings is 4. The van der Waals surface area contributed by atoms with Gasteiger partial charge in [0.1, 0.15) is 18.0 Å². The van der Waals surface area contributed by atoms with Gasteiger partial charge in [0.05, 0.1) is 0 Å². The van der Waals surface area contributed by atoms with Crippen molar-refractivity contribution in [3.63, 3.8) is 0 Å². The Morgan fingerprint density at radius 3 is 2.55 bits per heavy atom. The molecule has 2 aliphatic rings. The molecule has 6 rings (SSSR count). The average Bonchev–Trinajstić information content (AvgIpc) is 3.34. The van der Waals surface area contributed by atoms with E-state index in [1.54, 1.807) is 6.07 Å². The molecule has 1 fully saturated rings. The summed E-state index contributed by atoms with van der Waals surface area (Å²) in [5, 5.41) is 17.2. The van der Waals surface area contributed by atoms with Crippen molar-refractivity contribution in [2.24, 2.45) is 0 Å². The van der Waals surface area contributed by atoms with Gasteiger partial charge in [-0.3, -0.25) is 0 Å². The molecule has 0 amide bonds. The van der Waals surface area contributed by atoms with Gasteiger partial charge in [-0.25, -0.2) is 0 Å². The van der Waals surface area contributed by atoms with E-state index in [4.69, 9.17) is 4.74 Å². The Balaban J connectivity index is 1.97. The van der Waals surface area contributed by atoms with E-state index in [0.29, 0.717) is 5.75 Å². The fourth-order valence-corrected chi connectivity index (χ4v) is 4.12. The number of phenols is 1. The largest absolute Gasteiger partial charge is 0.508 e. The fourth-order valence-electron chi connectivity index (χ4n) is 4.12. The van der Waals surface area contributed by atoms with Crippen LogP contribution in [0.25, 0.3) is 32.3 Å². The summed E-state index contributed by atoms with van der Waals surface area (Å²) in [6.45, 7) is 0. The Kier molecular flexibility index (Phi) is 1.72. The summed E-state index contributed by atoms with van der Waals surface area (Å²) < 4.78 is 5.96.